The number of likely N-dealkylation sites (N-methyl/N-ethyl adjacent to an activating group) is 1. The van der Waals surface area contributed by atoms with Gasteiger partial charge in [-0.15, -0.1) is 6.58 Å². The summed E-state index contributed by atoms with van der Waals surface area (Å²) in [5, 5.41) is 3.05. The van der Waals surface area contributed by atoms with Gasteiger partial charge in [0.1, 0.15) is 0 Å². The second-order valence-electron chi connectivity index (χ2n) is 3.89. The fourth-order valence-electron chi connectivity index (χ4n) is 2.02. The zero-order chi connectivity index (χ0) is 11.3. The minimum Gasteiger partial charge on any atom is -0.318 e. The van der Waals surface area contributed by atoms with E-state index in [9.17, 15) is 8.42 Å². The molecular weight excluding hydrogens is 212 g/mol. The lowest BCUT2D eigenvalue weighted by atomic mass is 10.1. The van der Waals surface area contributed by atoms with Crippen molar-refractivity contribution in [2.75, 3.05) is 25.9 Å². The SMILES string of the molecule is C=CCS(=O)(=O)N1CCCCC1CNC. The lowest BCUT2D eigenvalue weighted by Gasteiger charge is -2.34. The Morgan fingerprint density at radius 2 is 2.27 bits per heavy atom. The molecule has 4 nitrogen and oxygen atoms in total. The zero-order valence-electron chi connectivity index (χ0n) is 9.28. The van der Waals surface area contributed by atoms with E-state index < -0.39 is 10.0 Å². The van der Waals surface area contributed by atoms with Crippen LogP contribution >= 0.6 is 0 Å². The highest BCUT2D eigenvalue weighted by molar-refractivity contribution is 7.89. The third kappa shape index (κ3) is 3.29. The average molecular weight is 232 g/mol. The molecule has 1 N–H and O–H groups in total. The van der Waals surface area contributed by atoms with E-state index in [1.807, 2.05) is 7.05 Å². The molecule has 1 atom stereocenters. The van der Waals surface area contributed by atoms with Gasteiger partial charge < -0.3 is 5.32 Å². The van der Waals surface area contributed by atoms with Crippen molar-refractivity contribution >= 4 is 10.0 Å². The smallest absolute Gasteiger partial charge is 0.217 e. The average Bonchev–Trinajstić information content (AvgIpc) is 2.19. The Morgan fingerprint density at radius 1 is 1.53 bits per heavy atom. The molecule has 15 heavy (non-hydrogen) atoms. The van der Waals surface area contributed by atoms with Gasteiger partial charge in [-0.3, -0.25) is 0 Å². The molecule has 0 spiro atoms. The Bertz CT molecular complexity index is 299. The maximum absolute atomic E-state index is 11.9. The first kappa shape index (κ1) is 12.7. The van der Waals surface area contributed by atoms with Gasteiger partial charge in [-0.2, -0.15) is 4.31 Å². The van der Waals surface area contributed by atoms with Gasteiger partial charge >= 0.3 is 0 Å². The molecule has 1 aliphatic rings. The largest absolute Gasteiger partial charge is 0.318 e. The molecule has 1 fully saturated rings. The van der Waals surface area contributed by atoms with E-state index in [-0.39, 0.29) is 11.8 Å². The quantitative estimate of drug-likeness (QED) is 0.705. The summed E-state index contributed by atoms with van der Waals surface area (Å²) in [7, 11) is -1.28. The fourth-order valence-corrected chi connectivity index (χ4v) is 3.56. The third-order valence-electron chi connectivity index (χ3n) is 2.70. The van der Waals surface area contributed by atoms with Crippen molar-refractivity contribution in [2.24, 2.45) is 0 Å². The van der Waals surface area contributed by atoms with Crippen LogP contribution in [-0.2, 0) is 10.0 Å². The van der Waals surface area contributed by atoms with Gasteiger partial charge in [0.2, 0.25) is 10.0 Å². The zero-order valence-corrected chi connectivity index (χ0v) is 10.1. The minimum absolute atomic E-state index is 0.0488. The topological polar surface area (TPSA) is 49.4 Å². The summed E-state index contributed by atoms with van der Waals surface area (Å²) in [6.45, 7) is 4.88. The monoisotopic (exact) mass is 232 g/mol. The molecular formula is C10H20N2O2S. The molecule has 0 radical (unpaired) electrons. The molecule has 1 aliphatic heterocycles. The van der Waals surface area contributed by atoms with E-state index in [0.29, 0.717) is 6.54 Å². The van der Waals surface area contributed by atoms with Crippen molar-refractivity contribution < 1.29 is 8.42 Å². The van der Waals surface area contributed by atoms with Crippen molar-refractivity contribution in [3.8, 4) is 0 Å². The van der Waals surface area contributed by atoms with Crippen molar-refractivity contribution in [2.45, 2.75) is 25.3 Å². The molecule has 1 rings (SSSR count). The first-order chi connectivity index (χ1) is 7.11. The van der Waals surface area contributed by atoms with Crippen molar-refractivity contribution in [1.29, 1.82) is 0 Å². The van der Waals surface area contributed by atoms with Crippen LogP contribution in [0.25, 0.3) is 0 Å². The van der Waals surface area contributed by atoms with Gasteiger partial charge in [-0.25, -0.2) is 8.42 Å². The molecule has 0 aromatic carbocycles. The van der Waals surface area contributed by atoms with E-state index in [2.05, 4.69) is 11.9 Å². The molecule has 1 unspecified atom stereocenters. The van der Waals surface area contributed by atoms with Crippen LogP contribution in [0.15, 0.2) is 12.7 Å². The first-order valence-corrected chi connectivity index (χ1v) is 6.97. The van der Waals surface area contributed by atoms with Crippen molar-refractivity contribution in [3.05, 3.63) is 12.7 Å². The highest BCUT2D eigenvalue weighted by Gasteiger charge is 2.30. The number of hydrogen-bond donors (Lipinski definition) is 1. The predicted octanol–water partition coefficient (Wildman–Crippen LogP) is 0.576. The van der Waals surface area contributed by atoms with Crippen LogP contribution in [0.5, 0.6) is 0 Å². The summed E-state index contributed by atoms with van der Waals surface area (Å²) < 4.78 is 25.4. The number of nitrogens with zero attached hydrogens (tertiary/aromatic N) is 1. The van der Waals surface area contributed by atoms with Crippen molar-refractivity contribution in [1.82, 2.24) is 9.62 Å². The van der Waals surface area contributed by atoms with Crippen LogP contribution in [0.2, 0.25) is 0 Å². The second-order valence-corrected chi connectivity index (χ2v) is 5.85. The van der Waals surface area contributed by atoms with E-state index in [0.717, 1.165) is 25.8 Å². The number of rotatable bonds is 5. The first-order valence-electron chi connectivity index (χ1n) is 5.37. The molecule has 1 saturated heterocycles. The number of sulfonamides is 1. The molecule has 0 aromatic heterocycles. The Hall–Kier alpha value is -0.390. The highest BCUT2D eigenvalue weighted by atomic mass is 32.2. The van der Waals surface area contributed by atoms with Gasteiger partial charge in [0.15, 0.2) is 0 Å². The molecule has 0 aliphatic carbocycles. The summed E-state index contributed by atoms with van der Waals surface area (Å²) in [6, 6.07) is 0.119. The fraction of sp³-hybridized carbons (Fsp3) is 0.800. The molecule has 0 amide bonds. The normalized spacial score (nSPS) is 23.9. The van der Waals surface area contributed by atoms with E-state index in [1.165, 1.54) is 6.08 Å². The predicted molar refractivity (Wildman–Crippen MR) is 62.3 cm³/mol. The van der Waals surface area contributed by atoms with Crippen LogP contribution in [0.1, 0.15) is 19.3 Å². The number of nitrogens with one attached hydrogen (secondary N) is 1. The maximum Gasteiger partial charge on any atom is 0.217 e. The van der Waals surface area contributed by atoms with Gasteiger partial charge in [0.25, 0.3) is 0 Å². The maximum atomic E-state index is 11.9. The van der Waals surface area contributed by atoms with Crippen molar-refractivity contribution in [3.63, 3.8) is 0 Å². The lowest BCUT2D eigenvalue weighted by molar-refractivity contribution is 0.249. The van der Waals surface area contributed by atoms with Gasteiger partial charge in [-0.05, 0) is 19.9 Å². The lowest BCUT2D eigenvalue weighted by Crippen LogP contribution is -2.48. The highest BCUT2D eigenvalue weighted by Crippen LogP contribution is 2.20. The van der Waals surface area contributed by atoms with E-state index >= 15 is 0 Å². The van der Waals surface area contributed by atoms with Gasteiger partial charge in [-0.1, -0.05) is 12.5 Å². The van der Waals surface area contributed by atoms with E-state index in [1.54, 1.807) is 4.31 Å². The molecule has 88 valence electrons. The summed E-state index contributed by atoms with van der Waals surface area (Å²) in [4.78, 5) is 0. The van der Waals surface area contributed by atoms with Crippen LogP contribution < -0.4 is 5.32 Å². The molecule has 5 heteroatoms. The summed E-state index contributed by atoms with van der Waals surface area (Å²) in [5.41, 5.74) is 0. The van der Waals surface area contributed by atoms with Crippen LogP contribution in [0, 0.1) is 0 Å². The Labute approximate surface area is 92.4 Å². The van der Waals surface area contributed by atoms with E-state index in [4.69, 9.17) is 0 Å². The second kappa shape index (κ2) is 5.63. The van der Waals surface area contributed by atoms with Crippen LogP contribution in [0.4, 0.5) is 0 Å². The Morgan fingerprint density at radius 3 is 2.87 bits per heavy atom. The summed E-state index contributed by atoms with van der Waals surface area (Å²) in [6.07, 6.45) is 4.50. The minimum atomic E-state index is -3.13. The molecule has 1 heterocycles. The third-order valence-corrected chi connectivity index (χ3v) is 4.55. The van der Waals surface area contributed by atoms with Crippen LogP contribution in [-0.4, -0.2) is 44.7 Å². The Kier molecular flexibility index (Phi) is 4.76. The number of piperidine rings is 1. The van der Waals surface area contributed by atoms with Crippen LogP contribution in [0.3, 0.4) is 0 Å². The standard InChI is InChI=1S/C10H20N2O2S/c1-3-8-15(13,14)12-7-5-4-6-10(12)9-11-2/h3,10-11H,1,4-9H2,2H3. The Balaban J connectivity index is 2.75. The number of hydrogen-bond acceptors (Lipinski definition) is 3. The van der Waals surface area contributed by atoms with Gasteiger partial charge in [0.05, 0.1) is 5.75 Å². The van der Waals surface area contributed by atoms with Gasteiger partial charge in [0, 0.05) is 19.1 Å². The molecule has 0 bridgehead atoms. The molecule has 0 saturated carbocycles. The summed E-state index contributed by atoms with van der Waals surface area (Å²) in [5.74, 6) is 0.0488. The molecule has 0 aromatic rings. The summed E-state index contributed by atoms with van der Waals surface area (Å²) >= 11 is 0.